The minimum Gasteiger partial charge on any atom is -0.393 e. The lowest BCUT2D eigenvalue weighted by Crippen LogP contribution is -2.51. The molecule has 196 valence electrons. The molecule has 0 atom stereocenters. The van der Waals surface area contributed by atoms with E-state index in [4.69, 9.17) is 5.41 Å². The first-order valence-corrected chi connectivity index (χ1v) is 12.9. The van der Waals surface area contributed by atoms with Gasteiger partial charge in [0.15, 0.2) is 11.5 Å². The van der Waals surface area contributed by atoms with Gasteiger partial charge < -0.3 is 30.4 Å². The number of halogens is 1. The standard InChI is InChI=1S/C27H34FN7O2/c1-3-30-13-22-24(34-8-6-17(7-9-34)32-18-10-20(36)11-18)5-4-21(25(22)29)27(37)33-19-12-23(28)26-31-16(2)14-35(26)15-19/h4-5,12-15,17-18,20,29-30,32,36H,3,6-11H2,1-2H3,(H,33,37)/b22-13-,29-25?/t18-,20+. The molecule has 1 saturated heterocycles. The summed E-state index contributed by atoms with van der Waals surface area (Å²) in [6.45, 7) is 6.13. The fourth-order valence-electron chi connectivity index (χ4n) is 5.21. The first kappa shape index (κ1) is 25.2. The largest absolute Gasteiger partial charge is 0.393 e. The van der Waals surface area contributed by atoms with E-state index in [1.807, 2.05) is 13.0 Å². The SMILES string of the molecule is CCN/C=C1\C(=N)C(C(=O)Nc2cc(F)c3nc(C)cn3c2)=CC=C1N1CCC(N[C@H]2C[C@@H](O)C2)CC1. The third-order valence-corrected chi connectivity index (χ3v) is 7.22. The number of pyridine rings is 1. The molecule has 5 rings (SSSR count). The van der Waals surface area contributed by atoms with Gasteiger partial charge in [0.05, 0.1) is 28.8 Å². The molecule has 2 aromatic rings. The van der Waals surface area contributed by atoms with E-state index < -0.39 is 11.7 Å². The van der Waals surface area contributed by atoms with Crippen molar-refractivity contribution >= 4 is 23.0 Å². The second-order valence-electron chi connectivity index (χ2n) is 10.0. The lowest BCUT2D eigenvalue weighted by Gasteiger charge is -2.41. The quantitative estimate of drug-likeness (QED) is 0.393. The van der Waals surface area contributed by atoms with E-state index in [1.165, 1.54) is 6.07 Å². The number of amides is 1. The van der Waals surface area contributed by atoms with Gasteiger partial charge in [-0.2, -0.15) is 0 Å². The number of aliphatic hydroxyl groups excluding tert-OH is 1. The van der Waals surface area contributed by atoms with E-state index in [-0.39, 0.29) is 23.0 Å². The zero-order chi connectivity index (χ0) is 26.1. The highest BCUT2D eigenvalue weighted by Gasteiger charge is 2.32. The Morgan fingerprint density at radius 2 is 2.00 bits per heavy atom. The maximum atomic E-state index is 14.5. The van der Waals surface area contributed by atoms with Gasteiger partial charge in [-0.1, -0.05) is 0 Å². The van der Waals surface area contributed by atoms with Crippen LogP contribution >= 0.6 is 0 Å². The summed E-state index contributed by atoms with van der Waals surface area (Å²) in [4.78, 5) is 19.6. The normalized spacial score (nSPS) is 23.6. The van der Waals surface area contributed by atoms with Crippen LogP contribution in [0, 0.1) is 18.2 Å². The van der Waals surface area contributed by atoms with Gasteiger partial charge >= 0.3 is 0 Å². The molecule has 3 heterocycles. The summed E-state index contributed by atoms with van der Waals surface area (Å²) >= 11 is 0. The van der Waals surface area contributed by atoms with Gasteiger partial charge in [0.2, 0.25) is 0 Å². The van der Waals surface area contributed by atoms with Crippen LogP contribution < -0.4 is 16.0 Å². The molecule has 3 aliphatic rings. The van der Waals surface area contributed by atoms with Crippen LogP contribution in [0.5, 0.6) is 0 Å². The van der Waals surface area contributed by atoms with Crippen molar-refractivity contribution in [3.63, 3.8) is 0 Å². The minimum atomic E-state index is -0.528. The first-order valence-electron chi connectivity index (χ1n) is 12.9. The summed E-state index contributed by atoms with van der Waals surface area (Å²) in [5.41, 5.74) is 3.09. The van der Waals surface area contributed by atoms with Crippen molar-refractivity contribution in [2.24, 2.45) is 0 Å². The van der Waals surface area contributed by atoms with Gasteiger partial charge in [0, 0.05) is 67.6 Å². The van der Waals surface area contributed by atoms with Crippen LogP contribution in [-0.2, 0) is 4.79 Å². The average molecular weight is 508 g/mol. The van der Waals surface area contributed by atoms with Crippen molar-refractivity contribution < 1.29 is 14.3 Å². The molecular formula is C27H34FN7O2. The molecule has 1 amide bonds. The Labute approximate surface area is 215 Å². The number of aliphatic hydroxyl groups is 1. The van der Waals surface area contributed by atoms with E-state index in [0.717, 1.165) is 44.5 Å². The summed E-state index contributed by atoms with van der Waals surface area (Å²) in [5.74, 6) is -0.997. The Morgan fingerprint density at radius 3 is 2.70 bits per heavy atom. The maximum absolute atomic E-state index is 14.5. The molecule has 2 fully saturated rings. The molecule has 37 heavy (non-hydrogen) atoms. The molecule has 2 aromatic heterocycles. The smallest absolute Gasteiger partial charge is 0.257 e. The molecule has 0 radical (unpaired) electrons. The van der Waals surface area contributed by atoms with Crippen LogP contribution in [0.25, 0.3) is 5.65 Å². The third kappa shape index (κ3) is 5.30. The number of nitrogens with one attached hydrogen (secondary N) is 4. The number of aromatic nitrogens is 2. The van der Waals surface area contributed by atoms with Crippen molar-refractivity contribution in [2.45, 2.75) is 57.7 Å². The number of carbonyl (C=O) groups is 1. The minimum absolute atomic E-state index is 0.125. The Kier molecular flexibility index (Phi) is 7.12. The summed E-state index contributed by atoms with van der Waals surface area (Å²) in [5, 5.41) is 28.0. The van der Waals surface area contributed by atoms with Crippen molar-refractivity contribution in [1.82, 2.24) is 24.9 Å². The van der Waals surface area contributed by atoms with E-state index >= 15 is 0 Å². The predicted molar refractivity (Wildman–Crippen MR) is 141 cm³/mol. The molecule has 2 aliphatic carbocycles. The number of imidazole rings is 1. The number of piperidine rings is 1. The number of allylic oxidation sites excluding steroid dienone is 3. The number of hydrogen-bond donors (Lipinski definition) is 5. The van der Waals surface area contributed by atoms with Crippen LogP contribution in [0.4, 0.5) is 10.1 Å². The van der Waals surface area contributed by atoms with Crippen LogP contribution in [0.2, 0.25) is 0 Å². The topological polar surface area (TPSA) is 118 Å². The second-order valence-corrected chi connectivity index (χ2v) is 10.0. The monoisotopic (exact) mass is 507 g/mol. The van der Waals surface area contributed by atoms with Crippen molar-refractivity contribution in [2.75, 3.05) is 25.0 Å². The number of hydrogen-bond acceptors (Lipinski definition) is 7. The Bertz CT molecular complexity index is 1300. The highest BCUT2D eigenvalue weighted by molar-refractivity contribution is 6.31. The number of nitrogens with zero attached hydrogens (tertiary/aromatic N) is 3. The number of carbonyl (C=O) groups excluding carboxylic acids is 1. The van der Waals surface area contributed by atoms with Crippen LogP contribution in [-0.4, -0.2) is 68.8 Å². The van der Waals surface area contributed by atoms with Gasteiger partial charge in [-0.15, -0.1) is 0 Å². The molecule has 10 heteroatoms. The first-order chi connectivity index (χ1) is 17.8. The van der Waals surface area contributed by atoms with Crippen LogP contribution in [0.3, 0.4) is 0 Å². The van der Waals surface area contributed by atoms with Gasteiger partial charge in [-0.05, 0) is 51.7 Å². The zero-order valence-electron chi connectivity index (χ0n) is 21.2. The number of fused-ring (bicyclic) bond motifs is 1. The third-order valence-electron chi connectivity index (χ3n) is 7.22. The fourth-order valence-corrected chi connectivity index (χ4v) is 5.21. The number of aryl methyl sites for hydroxylation is 1. The molecule has 1 aliphatic heterocycles. The van der Waals surface area contributed by atoms with Gasteiger partial charge in [0.1, 0.15) is 0 Å². The summed E-state index contributed by atoms with van der Waals surface area (Å²) in [7, 11) is 0. The van der Waals surface area contributed by atoms with Gasteiger partial charge in [0.25, 0.3) is 5.91 Å². The summed E-state index contributed by atoms with van der Waals surface area (Å²) in [6, 6.07) is 2.08. The summed E-state index contributed by atoms with van der Waals surface area (Å²) < 4.78 is 16.0. The Balaban J connectivity index is 1.31. The molecule has 0 spiro atoms. The van der Waals surface area contributed by atoms with Crippen LogP contribution in [0.15, 0.2) is 53.7 Å². The fraction of sp³-hybridized carbons (Fsp3) is 0.444. The highest BCUT2D eigenvalue weighted by Crippen LogP contribution is 2.29. The van der Waals surface area contributed by atoms with Crippen molar-refractivity contribution in [3.05, 3.63) is 65.2 Å². The number of anilines is 1. The molecular weight excluding hydrogens is 473 g/mol. The van der Waals surface area contributed by atoms with E-state index in [0.29, 0.717) is 35.6 Å². The van der Waals surface area contributed by atoms with E-state index in [2.05, 4.69) is 25.8 Å². The van der Waals surface area contributed by atoms with Crippen molar-refractivity contribution in [3.8, 4) is 0 Å². The van der Waals surface area contributed by atoms with Gasteiger partial charge in [-0.25, -0.2) is 9.37 Å². The second kappa shape index (κ2) is 10.5. The molecule has 9 nitrogen and oxygen atoms in total. The highest BCUT2D eigenvalue weighted by atomic mass is 19.1. The predicted octanol–water partition coefficient (Wildman–Crippen LogP) is 2.63. The van der Waals surface area contributed by atoms with Crippen molar-refractivity contribution in [1.29, 1.82) is 5.41 Å². The van der Waals surface area contributed by atoms with E-state index in [1.54, 1.807) is 36.0 Å². The molecule has 1 saturated carbocycles. The van der Waals surface area contributed by atoms with Crippen LogP contribution in [0.1, 0.15) is 38.3 Å². The van der Waals surface area contributed by atoms with E-state index in [9.17, 15) is 14.3 Å². The zero-order valence-corrected chi connectivity index (χ0v) is 21.2. The average Bonchev–Trinajstić information content (AvgIpc) is 3.23. The molecule has 0 unspecified atom stereocenters. The Hall–Kier alpha value is -3.50. The number of likely N-dealkylation sites (tertiary alicyclic amines) is 1. The lowest BCUT2D eigenvalue weighted by atomic mass is 9.87. The molecule has 0 bridgehead atoms. The van der Waals surface area contributed by atoms with Gasteiger partial charge in [-0.3, -0.25) is 10.2 Å². The lowest BCUT2D eigenvalue weighted by molar-refractivity contribution is -0.112. The summed E-state index contributed by atoms with van der Waals surface area (Å²) in [6.07, 6.45) is 12.1. The Morgan fingerprint density at radius 1 is 1.24 bits per heavy atom. The molecule has 0 aromatic carbocycles. The number of rotatable bonds is 7. The maximum Gasteiger partial charge on any atom is 0.257 e. The molecule has 5 N–H and O–H groups in total.